The Bertz CT molecular complexity index is 701. The average Bonchev–Trinajstić information content (AvgIpc) is 2.55. The van der Waals surface area contributed by atoms with E-state index in [0.717, 1.165) is 38.4 Å². The Morgan fingerprint density at radius 2 is 1.65 bits per heavy atom. The van der Waals surface area contributed by atoms with Gasteiger partial charge in [0, 0.05) is 57.2 Å². The molecule has 1 aromatic carbocycles. The van der Waals surface area contributed by atoms with E-state index in [0.29, 0.717) is 6.54 Å². The lowest BCUT2D eigenvalue weighted by atomic mass is 10.1. The van der Waals surface area contributed by atoms with Crippen LogP contribution in [0.3, 0.4) is 0 Å². The molecule has 0 atom stereocenters. The number of hydrogen-bond donors (Lipinski definition) is 2. The summed E-state index contributed by atoms with van der Waals surface area (Å²) in [5.74, 6) is -0.225. The number of nitrogens with one attached hydrogen (secondary N) is 1. The van der Waals surface area contributed by atoms with E-state index in [4.69, 9.17) is 0 Å². The van der Waals surface area contributed by atoms with Gasteiger partial charge in [-0.15, -0.1) is 0 Å². The highest BCUT2D eigenvalue weighted by Gasteiger charge is 2.17. The van der Waals surface area contributed by atoms with Crippen LogP contribution in [0.15, 0.2) is 41.3 Å². The molecule has 0 radical (unpaired) electrons. The van der Waals surface area contributed by atoms with Gasteiger partial charge in [-0.2, -0.15) is 0 Å². The molecule has 0 saturated carbocycles. The van der Waals surface area contributed by atoms with E-state index in [1.165, 1.54) is 23.4 Å². The number of aromatic hydroxyl groups is 1. The summed E-state index contributed by atoms with van der Waals surface area (Å²) in [6, 6.07) is 10.2. The van der Waals surface area contributed by atoms with Crippen LogP contribution in [0, 0.1) is 6.92 Å². The van der Waals surface area contributed by atoms with Crippen molar-refractivity contribution < 1.29 is 5.11 Å². The van der Waals surface area contributed by atoms with Crippen LogP contribution in [0.2, 0.25) is 0 Å². The van der Waals surface area contributed by atoms with Gasteiger partial charge in [0.05, 0.1) is 0 Å². The van der Waals surface area contributed by atoms with Gasteiger partial charge >= 0.3 is 0 Å². The first-order valence-electron chi connectivity index (χ1n) is 8.01. The van der Waals surface area contributed by atoms with Gasteiger partial charge in [0.2, 0.25) is 5.43 Å². The van der Waals surface area contributed by atoms with Gasteiger partial charge in [-0.1, -0.05) is 29.8 Å². The van der Waals surface area contributed by atoms with Gasteiger partial charge in [-0.3, -0.25) is 14.6 Å². The first-order valence-corrected chi connectivity index (χ1v) is 8.01. The number of H-pyrrole nitrogens is 1. The zero-order chi connectivity index (χ0) is 16.2. The van der Waals surface area contributed by atoms with Gasteiger partial charge < -0.3 is 10.1 Å². The van der Waals surface area contributed by atoms with Crippen molar-refractivity contribution in [1.82, 2.24) is 14.8 Å². The summed E-state index contributed by atoms with van der Waals surface area (Å²) in [4.78, 5) is 19.2. The molecule has 1 aliphatic rings. The van der Waals surface area contributed by atoms with Gasteiger partial charge in [-0.05, 0) is 12.5 Å². The van der Waals surface area contributed by atoms with Crippen LogP contribution >= 0.6 is 0 Å². The second kappa shape index (κ2) is 6.98. The minimum Gasteiger partial charge on any atom is -0.503 e. The Morgan fingerprint density at radius 1 is 1.04 bits per heavy atom. The largest absolute Gasteiger partial charge is 0.503 e. The van der Waals surface area contributed by atoms with Crippen LogP contribution < -0.4 is 5.43 Å². The number of pyridine rings is 1. The number of rotatable bonds is 4. The van der Waals surface area contributed by atoms with E-state index in [-0.39, 0.29) is 11.2 Å². The van der Waals surface area contributed by atoms with Crippen LogP contribution in [0.5, 0.6) is 5.75 Å². The van der Waals surface area contributed by atoms with Crippen LogP contribution in [0.4, 0.5) is 0 Å². The minimum atomic E-state index is -0.322. The predicted octanol–water partition coefficient (Wildman–Crippen LogP) is 1.71. The zero-order valence-corrected chi connectivity index (χ0v) is 13.5. The van der Waals surface area contributed by atoms with Gasteiger partial charge in [-0.25, -0.2) is 0 Å². The molecule has 5 nitrogen and oxygen atoms in total. The molecule has 1 aliphatic heterocycles. The maximum Gasteiger partial charge on any atom is 0.223 e. The third-order valence-electron chi connectivity index (χ3n) is 4.34. The summed E-state index contributed by atoms with van der Waals surface area (Å²) in [7, 11) is 0. The standard InChI is InChI=1S/C18H23N3O2/c1-14-2-4-15(5-3-14)12-20-6-8-21(9-7-20)13-16-10-17(22)18(23)11-19-16/h2-5,10-11,23H,6-9,12-13H2,1H3,(H,19,22). The normalized spacial score (nSPS) is 16.6. The molecule has 2 heterocycles. The van der Waals surface area contributed by atoms with Crippen LogP contribution in [-0.2, 0) is 13.1 Å². The van der Waals surface area contributed by atoms with Crippen molar-refractivity contribution in [2.45, 2.75) is 20.0 Å². The Labute approximate surface area is 136 Å². The quantitative estimate of drug-likeness (QED) is 0.902. The lowest BCUT2D eigenvalue weighted by Gasteiger charge is -2.34. The molecular formula is C18H23N3O2. The fourth-order valence-corrected chi connectivity index (χ4v) is 2.90. The Kier molecular flexibility index (Phi) is 4.79. The summed E-state index contributed by atoms with van der Waals surface area (Å²) in [5, 5.41) is 9.28. The molecule has 23 heavy (non-hydrogen) atoms. The van der Waals surface area contributed by atoms with Crippen molar-refractivity contribution in [2.24, 2.45) is 0 Å². The minimum absolute atomic E-state index is 0.225. The summed E-state index contributed by atoms with van der Waals surface area (Å²) >= 11 is 0. The maximum atomic E-state index is 11.5. The molecular weight excluding hydrogens is 290 g/mol. The highest BCUT2D eigenvalue weighted by atomic mass is 16.3. The third kappa shape index (κ3) is 4.21. The molecule has 5 heteroatoms. The molecule has 0 aliphatic carbocycles. The maximum absolute atomic E-state index is 11.5. The van der Waals surface area contributed by atoms with Crippen molar-refractivity contribution in [1.29, 1.82) is 0 Å². The van der Waals surface area contributed by atoms with Crippen LogP contribution in [0.1, 0.15) is 16.8 Å². The second-order valence-corrected chi connectivity index (χ2v) is 6.25. The van der Waals surface area contributed by atoms with Crippen molar-refractivity contribution in [3.63, 3.8) is 0 Å². The molecule has 3 rings (SSSR count). The fourth-order valence-electron chi connectivity index (χ4n) is 2.90. The smallest absolute Gasteiger partial charge is 0.223 e. The molecule has 1 saturated heterocycles. The lowest BCUT2D eigenvalue weighted by molar-refractivity contribution is 0.121. The molecule has 122 valence electrons. The highest BCUT2D eigenvalue weighted by Crippen LogP contribution is 2.11. The third-order valence-corrected chi connectivity index (χ3v) is 4.34. The van der Waals surface area contributed by atoms with E-state index < -0.39 is 0 Å². The van der Waals surface area contributed by atoms with Crippen molar-refractivity contribution in [2.75, 3.05) is 26.2 Å². The summed E-state index contributed by atoms with van der Waals surface area (Å²) in [5.41, 5.74) is 3.17. The van der Waals surface area contributed by atoms with Gasteiger partial charge in [0.1, 0.15) is 0 Å². The monoisotopic (exact) mass is 313 g/mol. The number of benzene rings is 1. The molecule has 2 N–H and O–H groups in total. The molecule has 1 fully saturated rings. The second-order valence-electron chi connectivity index (χ2n) is 6.25. The summed E-state index contributed by atoms with van der Waals surface area (Å²) in [6.45, 7) is 7.82. The summed E-state index contributed by atoms with van der Waals surface area (Å²) < 4.78 is 0. The Balaban J connectivity index is 1.51. The van der Waals surface area contributed by atoms with Gasteiger partial charge in [0.15, 0.2) is 5.75 Å². The Hall–Kier alpha value is -2.11. The number of aromatic nitrogens is 1. The Morgan fingerprint density at radius 3 is 2.26 bits per heavy atom. The topological polar surface area (TPSA) is 59.6 Å². The van der Waals surface area contributed by atoms with E-state index in [2.05, 4.69) is 46.0 Å². The van der Waals surface area contributed by atoms with Crippen LogP contribution in [0.25, 0.3) is 0 Å². The lowest BCUT2D eigenvalue weighted by Crippen LogP contribution is -2.45. The molecule has 2 aromatic rings. The van der Waals surface area contributed by atoms with Crippen molar-refractivity contribution in [3.05, 3.63) is 63.6 Å². The predicted molar refractivity (Wildman–Crippen MR) is 90.5 cm³/mol. The summed E-state index contributed by atoms with van der Waals surface area (Å²) in [6.07, 6.45) is 1.37. The highest BCUT2D eigenvalue weighted by molar-refractivity contribution is 5.21. The number of hydrogen-bond acceptors (Lipinski definition) is 4. The van der Waals surface area contributed by atoms with E-state index in [1.807, 2.05) is 0 Å². The fraction of sp³-hybridized carbons (Fsp3) is 0.389. The van der Waals surface area contributed by atoms with Crippen molar-refractivity contribution in [3.8, 4) is 5.75 Å². The molecule has 0 amide bonds. The average molecular weight is 313 g/mol. The first-order chi connectivity index (χ1) is 11.1. The first kappa shape index (κ1) is 15.8. The molecule has 0 unspecified atom stereocenters. The van der Waals surface area contributed by atoms with Gasteiger partial charge in [0.25, 0.3) is 0 Å². The number of piperazine rings is 1. The van der Waals surface area contributed by atoms with E-state index in [9.17, 15) is 9.90 Å². The number of aryl methyl sites for hydroxylation is 1. The molecule has 1 aromatic heterocycles. The van der Waals surface area contributed by atoms with E-state index >= 15 is 0 Å². The zero-order valence-electron chi connectivity index (χ0n) is 13.5. The SMILES string of the molecule is Cc1ccc(CN2CCN(Cc3cc(=O)c(O)c[nH]3)CC2)cc1. The van der Waals surface area contributed by atoms with E-state index in [1.54, 1.807) is 0 Å². The molecule has 0 spiro atoms. The number of aromatic amines is 1. The molecule has 0 bridgehead atoms. The van der Waals surface area contributed by atoms with Crippen molar-refractivity contribution >= 4 is 0 Å². The van der Waals surface area contributed by atoms with Crippen LogP contribution in [-0.4, -0.2) is 46.1 Å². The number of nitrogens with zero attached hydrogens (tertiary/aromatic N) is 2.